The van der Waals surface area contributed by atoms with E-state index in [4.69, 9.17) is 4.52 Å². The molecule has 1 aromatic heterocycles. The summed E-state index contributed by atoms with van der Waals surface area (Å²) in [5.74, 6) is 2.54. The highest BCUT2D eigenvalue weighted by atomic mass is 16.5. The van der Waals surface area contributed by atoms with Gasteiger partial charge in [0, 0.05) is 25.4 Å². The van der Waals surface area contributed by atoms with Crippen LogP contribution in [-0.2, 0) is 17.6 Å². The molecule has 2 aromatic rings. The smallest absolute Gasteiger partial charge is 0.226 e. The first-order valence-corrected chi connectivity index (χ1v) is 9.17. The molecule has 0 atom stereocenters. The Bertz CT molecular complexity index is 698. The van der Waals surface area contributed by atoms with Crippen molar-refractivity contribution in [1.82, 2.24) is 15.0 Å². The number of piperidine rings is 1. The minimum absolute atomic E-state index is 0.224. The van der Waals surface area contributed by atoms with Gasteiger partial charge in [-0.3, -0.25) is 4.79 Å². The van der Waals surface area contributed by atoms with Gasteiger partial charge in [0.15, 0.2) is 5.82 Å². The van der Waals surface area contributed by atoms with Gasteiger partial charge in [0.25, 0.3) is 0 Å². The molecule has 25 heavy (non-hydrogen) atoms. The van der Waals surface area contributed by atoms with Gasteiger partial charge in [0.05, 0.1) is 6.42 Å². The number of nitrogens with zero attached hydrogens (tertiary/aromatic N) is 3. The Morgan fingerprint density at radius 2 is 1.92 bits per heavy atom. The molecule has 3 rings (SSSR count). The van der Waals surface area contributed by atoms with Gasteiger partial charge >= 0.3 is 0 Å². The van der Waals surface area contributed by atoms with Gasteiger partial charge in [-0.25, -0.2) is 0 Å². The second-order valence-electron chi connectivity index (χ2n) is 7.39. The van der Waals surface area contributed by atoms with Crippen LogP contribution in [0.4, 0.5) is 0 Å². The molecule has 1 aliphatic heterocycles. The number of likely N-dealkylation sites (tertiary alicyclic amines) is 1. The van der Waals surface area contributed by atoms with Crippen LogP contribution in [-0.4, -0.2) is 34.0 Å². The molecule has 1 amide bonds. The normalized spacial score (nSPS) is 15.8. The molecule has 2 heterocycles. The third kappa shape index (κ3) is 4.68. The van der Waals surface area contributed by atoms with Crippen LogP contribution in [0.1, 0.15) is 55.4 Å². The van der Waals surface area contributed by atoms with Gasteiger partial charge < -0.3 is 9.42 Å². The fourth-order valence-corrected chi connectivity index (χ4v) is 3.21. The molecule has 1 aliphatic rings. The van der Waals surface area contributed by atoms with Crippen LogP contribution in [0.3, 0.4) is 0 Å². The second-order valence-corrected chi connectivity index (χ2v) is 7.39. The lowest BCUT2D eigenvalue weighted by atomic mass is 9.93. The van der Waals surface area contributed by atoms with E-state index in [2.05, 4.69) is 43.0 Å². The molecule has 1 saturated heterocycles. The van der Waals surface area contributed by atoms with Crippen molar-refractivity contribution in [3.8, 4) is 0 Å². The number of amides is 1. The van der Waals surface area contributed by atoms with E-state index >= 15 is 0 Å². The van der Waals surface area contributed by atoms with Gasteiger partial charge in [0.1, 0.15) is 0 Å². The van der Waals surface area contributed by atoms with Crippen molar-refractivity contribution in [2.75, 3.05) is 13.1 Å². The summed E-state index contributed by atoms with van der Waals surface area (Å²) in [6, 6.07) is 8.21. The van der Waals surface area contributed by atoms with Crippen LogP contribution >= 0.6 is 0 Å². The molecule has 1 aromatic carbocycles. The SMILES string of the molecule is Cc1ccc(CC(=O)N2CCC(Cc3nc(C(C)C)no3)CC2)cc1. The fourth-order valence-electron chi connectivity index (χ4n) is 3.21. The van der Waals surface area contributed by atoms with Crippen molar-refractivity contribution < 1.29 is 9.32 Å². The van der Waals surface area contributed by atoms with Gasteiger partial charge in [-0.15, -0.1) is 0 Å². The lowest BCUT2D eigenvalue weighted by Crippen LogP contribution is -2.39. The predicted molar refractivity (Wildman–Crippen MR) is 96.3 cm³/mol. The Balaban J connectivity index is 1.47. The van der Waals surface area contributed by atoms with Gasteiger partial charge in [-0.1, -0.05) is 48.8 Å². The number of rotatable bonds is 5. The summed E-state index contributed by atoms with van der Waals surface area (Å²) in [4.78, 5) is 18.9. The average Bonchev–Trinajstić information content (AvgIpc) is 3.06. The third-order valence-electron chi connectivity index (χ3n) is 4.91. The minimum atomic E-state index is 0.224. The minimum Gasteiger partial charge on any atom is -0.342 e. The highest BCUT2D eigenvalue weighted by molar-refractivity contribution is 5.78. The molecular weight excluding hydrogens is 314 g/mol. The monoisotopic (exact) mass is 341 g/mol. The maximum Gasteiger partial charge on any atom is 0.226 e. The Hall–Kier alpha value is -2.17. The number of hydrogen-bond acceptors (Lipinski definition) is 4. The molecule has 0 aliphatic carbocycles. The van der Waals surface area contributed by atoms with E-state index in [-0.39, 0.29) is 5.91 Å². The molecule has 0 bridgehead atoms. The van der Waals surface area contributed by atoms with Gasteiger partial charge in [-0.2, -0.15) is 4.98 Å². The van der Waals surface area contributed by atoms with E-state index in [9.17, 15) is 4.79 Å². The summed E-state index contributed by atoms with van der Waals surface area (Å²) in [6.45, 7) is 7.82. The van der Waals surface area contributed by atoms with Crippen LogP contribution in [0.2, 0.25) is 0 Å². The highest BCUT2D eigenvalue weighted by Gasteiger charge is 2.24. The Labute approximate surface area is 149 Å². The molecule has 5 nitrogen and oxygen atoms in total. The maximum atomic E-state index is 12.5. The Morgan fingerprint density at radius 3 is 2.52 bits per heavy atom. The first-order chi connectivity index (χ1) is 12.0. The quantitative estimate of drug-likeness (QED) is 0.835. The van der Waals surface area contributed by atoms with Crippen LogP contribution < -0.4 is 0 Å². The van der Waals surface area contributed by atoms with Crippen molar-refractivity contribution in [3.05, 3.63) is 47.1 Å². The second kappa shape index (κ2) is 7.81. The molecule has 0 spiro atoms. The van der Waals surface area contributed by atoms with Crippen LogP contribution in [0.25, 0.3) is 0 Å². The summed E-state index contributed by atoms with van der Waals surface area (Å²) in [5.41, 5.74) is 2.31. The van der Waals surface area contributed by atoms with Crippen molar-refractivity contribution >= 4 is 5.91 Å². The Kier molecular flexibility index (Phi) is 5.51. The zero-order valence-corrected chi connectivity index (χ0v) is 15.4. The van der Waals surface area contributed by atoms with E-state index in [1.54, 1.807) is 0 Å². The van der Waals surface area contributed by atoms with E-state index in [0.29, 0.717) is 18.3 Å². The number of benzene rings is 1. The first-order valence-electron chi connectivity index (χ1n) is 9.17. The summed E-state index contributed by atoms with van der Waals surface area (Å²) in [5, 5.41) is 4.03. The zero-order chi connectivity index (χ0) is 17.8. The van der Waals surface area contributed by atoms with Crippen LogP contribution in [0.5, 0.6) is 0 Å². The van der Waals surface area contributed by atoms with Gasteiger partial charge in [-0.05, 0) is 31.2 Å². The average molecular weight is 341 g/mol. The molecule has 0 unspecified atom stereocenters. The molecule has 134 valence electrons. The molecule has 5 heteroatoms. The first kappa shape index (κ1) is 17.6. The fraction of sp³-hybridized carbons (Fsp3) is 0.550. The molecule has 0 N–H and O–H groups in total. The molecular formula is C20H27N3O2. The summed E-state index contributed by atoms with van der Waals surface area (Å²) in [6.07, 6.45) is 3.31. The summed E-state index contributed by atoms with van der Waals surface area (Å²) >= 11 is 0. The summed E-state index contributed by atoms with van der Waals surface area (Å²) < 4.78 is 5.35. The van der Waals surface area contributed by atoms with E-state index in [0.717, 1.165) is 49.6 Å². The van der Waals surface area contributed by atoms with Crippen molar-refractivity contribution in [2.45, 2.75) is 52.4 Å². The molecule has 0 saturated carbocycles. The third-order valence-corrected chi connectivity index (χ3v) is 4.91. The maximum absolute atomic E-state index is 12.5. The van der Waals surface area contributed by atoms with Crippen molar-refractivity contribution in [1.29, 1.82) is 0 Å². The lowest BCUT2D eigenvalue weighted by molar-refractivity contribution is -0.131. The number of aromatic nitrogens is 2. The standard InChI is InChI=1S/C20H27N3O2/c1-14(2)20-21-18(25-22-20)12-17-8-10-23(11-9-17)19(24)13-16-6-4-15(3)5-7-16/h4-7,14,17H,8-13H2,1-3H3. The Morgan fingerprint density at radius 1 is 1.24 bits per heavy atom. The van der Waals surface area contributed by atoms with E-state index in [1.165, 1.54) is 5.56 Å². The highest BCUT2D eigenvalue weighted by Crippen LogP contribution is 2.22. The number of carbonyl (C=O) groups excluding carboxylic acids is 1. The predicted octanol–water partition coefficient (Wildman–Crippen LogP) is 3.53. The number of hydrogen-bond donors (Lipinski definition) is 0. The van der Waals surface area contributed by atoms with E-state index in [1.807, 2.05) is 17.0 Å². The molecule has 1 fully saturated rings. The number of aryl methyl sites for hydroxylation is 1. The zero-order valence-electron chi connectivity index (χ0n) is 15.4. The number of carbonyl (C=O) groups is 1. The summed E-state index contributed by atoms with van der Waals surface area (Å²) in [7, 11) is 0. The van der Waals surface area contributed by atoms with Crippen LogP contribution in [0, 0.1) is 12.8 Å². The van der Waals surface area contributed by atoms with Gasteiger partial charge in [0.2, 0.25) is 11.8 Å². The van der Waals surface area contributed by atoms with Crippen molar-refractivity contribution in [2.24, 2.45) is 5.92 Å². The molecule has 0 radical (unpaired) electrons. The topological polar surface area (TPSA) is 59.2 Å². The van der Waals surface area contributed by atoms with Crippen molar-refractivity contribution in [3.63, 3.8) is 0 Å². The largest absolute Gasteiger partial charge is 0.342 e. The van der Waals surface area contributed by atoms with E-state index < -0.39 is 0 Å². The van der Waals surface area contributed by atoms with Crippen LogP contribution in [0.15, 0.2) is 28.8 Å². The lowest BCUT2D eigenvalue weighted by Gasteiger charge is -2.31.